The Kier molecular flexibility index (Phi) is 6.32. The molecule has 27 heavy (non-hydrogen) atoms. The maximum absolute atomic E-state index is 6.03. The zero-order chi connectivity index (χ0) is 19.2. The van der Waals surface area contributed by atoms with Crippen LogP contribution in [0.4, 0.5) is 0 Å². The first-order chi connectivity index (χ1) is 13.0. The average molecular weight is 371 g/mol. The monoisotopic (exact) mass is 370 g/mol. The van der Waals surface area contributed by atoms with Gasteiger partial charge in [0.25, 0.3) is 0 Å². The standard InChI is InChI=1S/C20H30N6O/c1-5-21-20(22-12-15(3)27-18-9-7-6-8-14(18)2)24-17-10-11-19-23-16(4)25-26(19)13-17/h6-9,15,17H,5,10-13H2,1-4H3,(H2,21,22,24). The van der Waals surface area contributed by atoms with Gasteiger partial charge in [-0.3, -0.25) is 0 Å². The molecule has 146 valence electrons. The number of aromatic nitrogens is 3. The van der Waals surface area contributed by atoms with E-state index in [1.54, 1.807) is 0 Å². The van der Waals surface area contributed by atoms with Crippen LogP contribution in [0.25, 0.3) is 0 Å². The summed E-state index contributed by atoms with van der Waals surface area (Å²) in [4.78, 5) is 9.19. The van der Waals surface area contributed by atoms with Crippen LogP contribution in [0.2, 0.25) is 0 Å². The van der Waals surface area contributed by atoms with Crippen LogP contribution in [-0.4, -0.2) is 46.0 Å². The van der Waals surface area contributed by atoms with E-state index in [-0.39, 0.29) is 6.10 Å². The predicted molar refractivity (Wildman–Crippen MR) is 107 cm³/mol. The number of para-hydroxylation sites is 1. The van der Waals surface area contributed by atoms with Crippen LogP contribution in [0.3, 0.4) is 0 Å². The number of nitrogens with one attached hydrogen (secondary N) is 2. The number of hydrogen-bond donors (Lipinski definition) is 2. The molecule has 1 aliphatic heterocycles. The van der Waals surface area contributed by atoms with Crippen molar-refractivity contribution >= 4 is 5.96 Å². The number of fused-ring (bicyclic) bond motifs is 1. The van der Waals surface area contributed by atoms with Gasteiger partial charge in [-0.1, -0.05) is 18.2 Å². The minimum atomic E-state index is -0.00233. The summed E-state index contributed by atoms with van der Waals surface area (Å²) in [6, 6.07) is 8.36. The summed E-state index contributed by atoms with van der Waals surface area (Å²) in [5, 5.41) is 11.3. The van der Waals surface area contributed by atoms with Crippen LogP contribution in [0.15, 0.2) is 29.3 Å². The SMILES string of the molecule is CCNC(=NCC(C)Oc1ccccc1C)NC1CCc2nc(C)nn2C1. The number of hydrogen-bond acceptors (Lipinski definition) is 4. The van der Waals surface area contributed by atoms with Gasteiger partial charge in [-0.25, -0.2) is 14.7 Å². The second kappa shape index (κ2) is 8.88. The zero-order valence-electron chi connectivity index (χ0n) is 16.7. The number of nitrogens with zero attached hydrogens (tertiary/aromatic N) is 4. The number of rotatable bonds is 6. The van der Waals surface area contributed by atoms with Crippen molar-refractivity contribution in [2.75, 3.05) is 13.1 Å². The highest BCUT2D eigenvalue weighted by Gasteiger charge is 2.21. The van der Waals surface area contributed by atoms with Crippen LogP contribution in [0.1, 0.15) is 37.5 Å². The van der Waals surface area contributed by atoms with E-state index in [4.69, 9.17) is 9.73 Å². The molecule has 0 spiro atoms. The quantitative estimate of drug-likeness (QED) is 0.602. The Bertz CT molecular complexity index is 785. The molecule has 3 rings (SSSR count). The fourth-order valence-electron chi connectivity index (χ4n) is 3.23. The average Bonchev–Trinajstić information content (AvgIpc) is 3.01. The second-order valence-corrected chi connectivity index (χ2v) is 7.05. The van der Waals surface area contributed by atoms with Crippen LogP contribution in [-0.2, 0) is 13.0 Å². The lowest BCUT2D eigenvalue weighted by atomic mass is 10.1. The van der Waals surface area contributed by atoms with E-state index in [1.807, 2.05) is 36.7 Å². The number of aliphatic imine (C=N–C) groups is 1. The van der Waals surface area contributed by atoms with Gasteiger partial charge in [0.15, 0.2) is 5.96 Å². The Morgan fingerprint density at radius 2 is 2.19 bits per heavy atom. The first-order valence-electron chi connectivity index (χ1n) is 9.72. The van der Waals surface area contributed by atoms with Gasteiger partial charge >= 0.3 is 0 Å². The molecular formula is C20H30N6O. The molecule has 2 atom stereocenters. The van der Waals surface area contributed by atoms with Gasteiger partial charge in [0.1, 0.15) is 23.5 Å². The molecule has 2 N–H and O–H groups in total. The molecule has 2 aromatic rings. The van der Waals surface area contributed by atoms with E-state index in [1.165, 1.54) is 0 Å². The third-order valence-electron chi connectivity index (χ3n) is 4.58. The van der Waals surface area contributed by atoms with Crippen molar-refractivity contribution in [3.63, 3.8) is 0 Å². The first kappa shape index (κ1) is 19.2. The number of aryl methyl sites for hydroxylation is 3. The molecule has 0 radical (unpaired) electrons. The Morgan fingerprint density at radius 1 is 1.37 bits per heavy atom. The molecule has 2 heterocycles. The van der Waals surface area contributed by atoms with Crippen LogP contribution in [0, 0.1) is 13.8 Å². The fraction of sp³-hybridized carbons (Fsp3) is 0.550. The van der Waals surface area contributed by atoms with E-state index in [2.05, 4.69) is 40.6 Å². The second-order valence-electron chi connectivity index (χ2n) is 7.05. The van der Waals surface area contributed by atoms with Crippen LogP contribution >= 0.6 is 0 Å². The summed E-state index contributed by atoms with van der Waals surface area (Å²) in [6.07, 6.45) is 1.96. The molecule has 0 saturated carbocycles. The molecule has 0 fully saturated rings. The van der Waals surface area contributed by atoms with Crippen molar-refractivity contribution < 1.29 is 4.74 Å². The highest BCUT2D eigenvalue weighted by Crippen LogP contribution is 2.18. The van der Waals surface area contributed by atoms with Crippen LogP contribution in [0.5, 0.6) is 5.75 Å². The molecule has 0 saturated heterocycles. The van der Waals surface area contributed by atoms with Crippen molar-refractivity contribution in [2.45, 2.75) is 59.2 Å². The number of guanidine groups is 1. The minimum absolute atomic E-state index is 0.00233. The van der Waals surface area contributed by atoms with Crippen molar-refractivity contribution in [3.05, 3.63) is 41.5 Å². The molecule has 1 aliphatic rings. The largest absolute Gasteiger partial charge is 0.489 e. The van der Waals surface area contributed by atoms with Crippen molar-refractivity contribution in [1.29, 1.82) is 0 Å². The molecule has 7 heteroatoms. The van der Waals surface area contributed by atoms with Gasteiger partial charge in [0.2, 0.25) is 0 Å². The molecule has 0 bridgehead atoms. The van der Waals surface area contributed by atoms with Gasteiger partial charge in [0.05, 0.1) is 13.1 Å². The molecule has 2 unspecified atom stereocenters. The van der Waals surface area contributed by atoms with E-state index in [0.717, 1.165) is 54.9 Å². The highest BCUT2D eigenvalue weighted by molar-refractivity contribution is 5.80. The number of ether oxygens (including phenoxy) is 1. The third kappa shape index (κ3) is 5.21. The summed E-state index contributed by atoms with van der Waals surface area (Å²) < 4.78 is 8.03. The lowest BCUT2D eigenvalue weighted by Crippen LogP contribution is -2.47. The molecule has 0 aliphatic carbocycles. The maximum Gasteiger partial charge on any atom is 0.191 e. The molecular weight excluding hydrogens is 340 g/mol. The number of benzene rings is 1. The van der Waals surface area contributed by atoms with Crippen molar-refractivity contribution in [1.82, 2.24) is 25.4 Å². The third-order valence-corrected chi connectivity index (χ3v) is 4.58. The normalized spacial score (nSPS) is 17.9. The van der Waals surface area contributed by atoms with E-state index < -0.39 is 0 Å². The lowest BCUT2D eigenvalue weighted by Gasteiger charge is -2.25. The Balaban J connectivity index is 1.57. The van der Waals surface area contributed by atoms with Gasteiger partial charge < -0.3 is 15.4 Å². The fourth-order valence-corrected chi connectivity index (χ4v) is 3.23. The molecule has 7 nitrogen and oxygen atoms in total. The summed E-state index contributed by atoms with van der Waals surface area (Å²) in [5.74, 6) is 3.66. The van der Waals surface area contributed by atoms with Crippen LogP contribution < -0.4 is 15.4 Å². The Hall–Kier alpha value is -2.57. The van der Waals surface area contributed by atoms with Gasteiger partial charge in [-0.05, 0) is 45.7 Å². The summed E-state index contributed by atoms with van der Waals surface area (Å²) >= 11 is 0. The minimum Gasteiger partial charge on any atom is -0.489 e. The van der Waals surface area contributed by atoms with Gasteiger partial charge in [0, 0.05) is 19.0 Å². The predicted octanol–water partition coefficient (Wildman–Crippen LogP) is 2.23. The highest BCUT2D eigenvalue weighted by atomic mass is 16.5. The maximum atomic E-state index is 6.03. The Morgan fingerprint density at radius 3 is 2.96 bits per heavy atom. The Labute approximate surface area is 161 Å². The molecule has 1 aromatic heterocycles. The zero-order valence-corrected chi connectivity index (χ0v) is 16.7. The summed E-state index contributed by atoms with van der Waals surface area (Å²) in [6.45, 7) is 10.3. The van der Waals surface area contributed by atoms with E-state index >= 15 is 0 Å². The topological polar surface area (TPSA) is 76.4 Å². The van der Waals surface area contributed by atoms with Crippen molar-refractivity contribution in [3.8, 4) is 5.75 Å². The van der Waals surface area contributed by atoms with E-state index in [0.29, 0.717) is 12.6 Å². The van der Waals surface area contributed by atoms with Crippen molar-refractivity contribution in [2.24, 2.45) is 4.99 Å². The molecule has 1 aromatic carbocycles. The molecule has 0 amide bonds. The van der Waals surface area contributed by atoms with E-state index in [9.17, 15) is 0 Å². The first-order valence-corrected chi connectivity index (χ1v) is 9.72. The van der Waals surface area contributed by atoms with Gasteiger partial charge in [-0.2, -0.15) is 5.10 Å². The lowest BCUT2D eigenvalue weighted by molar-refractivity contribution is 0.228. The van der Waals surface area contributed by atoms with Gasteiger partial charge in [-0.15, -0.1) is 0 Å². The summed E-state index contributed by atoms with van der Waals surface area (Å²) in [7, 11) is 0. The summed E-state index contributed by atoms with van der Waals surface area (Å²) in [5.41, 5.74) is 1.14. The smallest absolute Gasteiger partial charge is 0.191 e.